The van der Waals surface area contributed by atoms with Crippen molar-refractivity contribution in [3.63, 3.8) is 0 Å². The number of carboxylic acids is 1. The summed E-state index contributed by atoms with van der Waals surface area (Å²) in [5, 5.41) is 9.52. The van der Waals surface area contributed by atoms with Crippen LogP contribution >= 0.6 is 23.2 Å². The topological polar surface area (TPSA) is 57.6 Å². The minimum atomic E-state index is -1.05. The van der Waals surface area contributed by atoms with E-state index in [4.69, 9.17) is 28.3 Å². The smallest absolute Gasteiger partial charge is 0.326 e. The second kappa shape index (κ2) is 6.07. The second-order valence-electron chi connectivity index (χ2n) is 3.91. The summed E-state index contributed by atoms with van der Waals surface area (Å²) in [5.41, 5.74) is 0.582. The Hall–Kier alpha value is -1.26. The summed E-state index contributed by atoms with van der Waals surface area (Å²) in [6, 6.07) is 4.13. The van der Waals surface area contributed by atoms with E-state index in [0.717, 1.165) is 0 Å². The molecule has 0 spiro atoms. The molecule has 0 aromatic heterocycles. The Labute approximate surface area is 115 Å². The van der Waals surface area contributed by atoms with Crippen LogP contribution in [0.15, 0.2) is 18.2 Å². The van der Waals surface area contributed by atoms with Crippen LogP contribution in [0.2, 0.25) is 10.0 Å². The fourth-order valence-electron chi connectivity index (χ4n) is 1.35. The molecule has 1 aromatic carbocycles. The number of rotatable bonds is 4. The molecular weight excluding hydrogens is 277 g/mol. The molecule has 1 unspecified atom stereocenters. The van der Waals surface area contributed by atoms with Gasteiger partial charge in [-0.25, -0.2) is 4.79 Å². The Morgan fingerprint density at radius 2 is 2.00 bits per heavy atom. The fraction of sp³-hybridized carbons (Fsp3) is 0.333. The maximum Gasteiger partial charge on any atom is 0.326 e. The van der Waals surface area contributed by atoms with E-state index in [-0.39, 0.29) is 12.3 Å². The molecule has 0 aliphatic rings. The van der Waals surface area contributed by atoms with E-state index in [2.05, 4.69) is 0 Å². The van der Waals surface area contributed by atoms with Crippen molar-refractivity contribution >= 4 is 35.1 Å². The number of nitrogens with zero attached hydrogens (tertiary/aromatic N) is 1. The predicted molar refractivity (Wildman–Crippen MR) is 70.0 cm³/mol. The third-order valence-corrected chi connectivity index (χ3v) is 3.56. The van der Waals surface area contributed by atoms with Gasteiger partial charge in [-0.3, -0.25) is 4.79 Å². The van der Waals surface area contributed by atoms with Gasteiger partial charge in [-0.05, 0) is 18.6 Å². The molecule has 1 amide bonds. The zero-order valence-corrected chi connectivity index (χ0v) is 11.5. The first-order chi connectivity index (χ1) is 8.34. The first kappa shape index (κ1) is 14.8. The molecule has 0 heterocycles. The minimum Gasteiger partial charge on any atom is -0.480 e. The normalized spacial score (nSPS) is 12.0. The van der Waals surface area contributed by atoms with E-state index in [1.807, 2.05) is 0 Å². The van der Waals surface area contributed by atoms with E-state index >= 15 is 0 Å². The van der Waals surface area contributed by atoms with Crippen LogP contribution in [0.4, 0.5) is 0 Å². The molecule has 1 atom stereocenters. The third-order valence-electron chi connectivity index (χ3n) is 2.70. The number of amides is 1. The van der Waals surface area contributed by atoms with Crippen LogP contribution in [0.3, 0.4) is 0 Å². The molecular formula is C12H13Cl2NO3. The van der Waals surface area contributed by atoms with Crippen LogP contribution in [0.25, 0.3) is 0 Å². The summed E-state index contributed by atoms with van der Waals surface area (Å²) in [5.74, 6) is -1.38. The van der Waals surface area contributed by atoms with Crippen molar-refractivity contribution in [2.24, 2.45) is 0 Å². The Kier molecular flexibility index (Phi) is 4.99. The highest BCUT2D eigenvalue weighted by Gasteiger charge is 2.22. The largest absolute Gasteiger partial charge is 0.480 e. The van der Waals surface area contributed by atoms with Crippen molar-refractivity contribution in [3.05, 3.63) is 33.8 Å². The highest BCUT2D eigenvalue weighted by Crippen LogP contribution is 2.26. The van der Waals surface area contributed by atoms with Crippen LogP contribution < -0.4 is 0 Å². The molecule has 0 aliphatic heterocycles. The Morgan fingerprint density at radius 3 is 2.56 bits per heavy atom. The number of aliphatic carboxylic acids is 1. The molecule has 1 rings (SSSR count). The number of hydrogen-bond donors (Lipinski definition) is 1. The molecule has 0 saturated heterocycles. The van der Waals surface area contributed by atoms with Gasteiger partial charge in [0.1, 0.15) is 6.04 Å². The van der Waals surface area contributed by atoms with E-state index in [1.165, 1.54) is 18.9 Å². The Bertz CT molecular complexity index is 476. The van der Waals surface area contributed by atoms with Gasteiger partial charge in [0.25, 0.3) is 0 Å². The minimum absolute atomic E-state index is 0.0213. The second-order valence-corrected chi connectivity index (χ2v) is 4.69. The zero-order valence-electron chi connectivity index (χ0n) is 9.98. The van der Waals surface area contributed by atoms with Gasteiger partial charge in [0.2, 0.25) is 5.91 Å². The molecule has 0 saturated carbocycles. The van der Waals surface area contributed by atoms with E-state index < -0.39 is 12.0 Å². The van der Waals surface area contributed by atoms with Crippen LogP contribution in [-0.4, -0.2) is 35.0 Å². The zero-order chi connectivity index (χ0) is 13.9. The molecule has 4 nitrogen and oxygen atoms in total. The van der Waals surface area contributed by atoms with Crippen molar-refractivity contribution in [1.82, 2.24) is 4.90 Å². The number of carbonyl (C=O) groups excluding carboxylic acids is 1. The number of carboxylic acid groups (broad SMARTS) is 1. The van der Waals surface area contributed by atoms with Gasteiger partial charge in [0.15, 0.2) is 0 Å². The molecule has 1 aromatic rings. The van der Waals surface area contributed by atoms with Gasteiger partial charge in [-0.15, -0.1) is 0 Å². The standard InChI is InChI=1S/C12H13Cl2NO3/c1-7(12(17)18)15(2)10(16)6-8-4-3-5-9(13)11(8)14/h3-5,7H,6H2,1-2H3,(H,17,18). The lowest BCUT2D eigenvalue weighted by Gasteiger charge is -2.21. The number of carbonyl (C=O) groups is 2. The third kappa shape index (κ3) is 3.37. The van der Waals surface area contributed by atoms with Crippen molar-refractivity contribution < 1.29 is 14.7 Å². The molecule has 98 valence electrons. The molecule has 6 heteroatoms. The van der Waals surface area contributed by atoms with E-state index in [9.17, 15) is 9.59 Å². The van der Waals surface area contributed by atoms with Crippen LogP contribution in [0.1, 0.15) is 12.5 Å². The summed E-state index contributed by atoms with van der Waals surface area (Å²) in [6.45, 7) is 1.44. The number of halogens is 2. The molecule has 0 radical (unpaired) electrons. The van der Waals surface area contributed by atoms with Gasteiger partial charge in [-0.2, -0.15) is 0 Å². The fourth-order valence-corrected chi connectivity index (χ4v) is 1.74. The summed E-state index contributed by atoms with van der Waals surface area (Å²) >= 11 is 11.8. The van der Waals surface area contributed by atoms with Crippen molar-refractivity contribution in [2.45, 2.75) is 19.4 Å². The molecule has 18 heavy (non-hydrogen) atoms. The summed E-state index contributed by atoms with van der Waals surface area (Å²) < 4.78 is 0. The number of benzene rings is 1. The molecule has 0 fully saturated rings. The lowest BCUT2D eigenvalue weighted by Crippen LogP contribution is -2.41. The first-order valence-electron chi connectivity index (χ1n) is 5.26. The highest BCUT2D eigenvalue weighted by atomic mass is 35.5. The van der Waals surface area contributed by atoms with Crippen molar-refractivity contribution in [2.75, 3.05) is 7.05 Å². The Balaban J connectivity index is 2.82. The molecule has 1 N–H and O–H groups in total. The van der Waals surface area contributed by atoms with Crippen LogP contribution in [0.5, 0.6) is 0 Å². The highest BCUT2D eigenvalue weighted by molar-refractivity contribution is 6.42. The monoisotopic (exact) mass is 289 g/mol. The van der Waals surface area contributed by atoms with Gasteiger partial charge in [0.05, 0.1) is 16.5 Å². The van der Waals surface area contributed by atoms with Crippen molar-refractivity contribution in [1.29, 1.82) is 0 Å². The lowest BCUT2D eigenvalue weighted by molar-refractivity contribution is -0.147. The van der Waals surface area contributed by atoms with Gasteiger partial charge in [-0.1, -0.05) is 35.3 Å². The number of hydrogen-bond acceptors (Lipinski definition) is 2. The average Bonchev–Trinajstić information content (AvgIpc) is 2.32. The number of likely N-dealkylation sites (N-methyl/N-ethyl adjacent to an activating group) is 1. The van der Waals surface area contributed by atoms with E-state index in [1.54, 1.807) is 18.2 Å². The van der Waals surface area contributed by atoms with Crippen LogP contribution in [0, 0.1) is 0 Å². The van der Waals surface area contributed by atoms with Gasteiger partial charge >= 0.3 is 5.97 Å². The lowest BCUT2D eigenvalue weighted by atomic mass is 10.1. The van der Waals surface area contributed by atoms with Crippen molar-refractivity contribution in [3.8, 4) is 0 Å². The Morgan fingerprint density at radius 1 is 1.39 bits per heavy atom. The average molecular weight is 290 g/mol. The van der Waals surface area contributed by atoms with Gasteiger partial charge < -0.3 is 10.0 Å². The molecule has 0 bridgehead atoms. The van der Waals surface area contributed by atoms with E-state index in [0.29, 0.717) is 15.6 Å². The van der Waals surface area contributed by atoms with Crippen LogP contribution in [-0.2, 0) is 16.0 Å². The summed E-state index contributed by atoms with van der Waals surface area (Å²) in [7, 11) is 1.44. The maximum absolute atomic E-state index is 11.9. The maximum atomic E-state index is 11.9. The first-order valence-corrected chi connectivity index (χ1v) is 6.01. The van der Waals surface area contributed by atoms with Gasteiger partial charge in [0, 0.05) is 7.05 Å². The summed E-state index contributed by atoms with van der Waals surface area (Å²) in [4.78, 5) is 23.8. The SMILES string of the molecule is CC(C(=O)O)N(C)C(=O)Cc1cccc(Cl)c1Cl. The molecule has 0 aliphatic carbocycles. The predicted octanol–water partition coefficient (Wildman–Crippen LogP) is 2.47. The summed E-state index contributed by atoms with van der Waals surface area (Å²) in [6.07, 6.45) is 0.0213. The quantitative estimate of drug-likeness (QED) is 0.926.